The summed E-state index contributed by atoms with van der Waals surface area (Å²) in [6.07, 6.45) is 1.69. The second-order valence-corrected chi connectivity index (χ2v) is 11.4. The van der Waals surface area contributed by atoms with Crippen LogP contribution in [-0.2, 0) is 17.9 Å². The molecule has 0 aliphatic carbocycles. The smallest absolute Gasteiger partial charge is 0.293 e. The Morgan fingerprint density at radius 1 is 1.09 bits per heavy atom. The van der Waals surface area contributed by atoms with Crippen LogP contribution >= 0.6 is 73.5 Å². The average Bonchev–Trinajstić information content (AvgIpc) is 3.07. The quantitative estimate of drug-likeness (QED) is 0.184. The Hall–Kier alpha value is -1.72. The molecule has 0 unspecified atom stereocenters. The molecule has 0 atom stereocenters. The molecule has 1 fully saturated rings. The second-order valence-electron chi connectivity index (χ2n) is 7.45. The van der Waals surface area contributed by atoms with Gasteiger partial charge in [0.05, 0.1) is 22.1 Å². The normalized spacial score (nSPS) is 14.7. The molecule has 0 radical (unpaired) electrons. The van der Waals surface area contributed by atoms with Crippen LogP contribution in [0.15, 0.2) is 64.0 Å². The molecule has 2 amide bonds. The lowest BCUT2D eigenvalue weighted by molar-refractivity contribution is -0.123. The maximum absolute atomic E-state index is 12.9. The molecule has 35 heavy (non-hydrogen) atoms. The molecular formula is C25H17BrCl2INO4S. The van der Waals surface area contributed by atoms with E-state index in [-0.39, 0.29) is 24.3 Å². The summed E-state index contributed by atoms with van der Waals surface area (Å²) in [4.78, 5) is 27.1. The van der Waals surface area contributed by atoms with E-state index < -0.39 is 0 Å². The number of hydrogen-bond donors (Lipinski definition) is 0. The van der Waals surface area contributed by atoms with Crippen LogP contribution in [0.3, 0.4) is 0 Å². The van der Waals surface area contributed by atoms with Crippen molar-refractivity contribution in [1.82, 2.24) is 4.90 Å². The van der Waals surface area contributed by atoms with Gasteiger partial charge in [-0.3, -0.25) is 14.5 Å². The number of rotatable bonds is 7. The fourth-order valence-corrected chi connectivity index (χ4v) is 5.66. The van der Waals surface area contributed by atoms with Gasteiger partial charge in [0.25, 0.3) is 11.1 Å². The minimum Gasteiger partial charge on any atom is -0.493 e. The fraction of sp³-hybridized carbons (Fsp3) is 0.120. The Kier molecular flexibility index (Phi) is 8.70. The van der Waals surface area contributed by atoms with Gasteiger partial charge in [0.15, 0.2) is 11.5 Å². The van der Waals surface area contributed by atoms with Crippen LogP contribution in [0.25, 0.3) is 6.08 Å². The lowest BCUT2D eigenvalue weighted by Crippen LogP contribution is -2.27. The van der Waals surface area contributed by atoms with Gasteiger partial charge in [0, 0.05) is 20.1 Å². The van der Waals surface area contributed by atoms with Gasteiger partial charge in [-0.25, -0.2) is 0 Å². The highest BCUT2D eigenvalue weighted by Gasteiger charge is 2.35. The molecule has 4 rings (SSSR count). The van der Waals surface area contributed by atoms with E-state index in [0.29, 0.717) is 26.4 Å². The predicted octanol–water partition coefficient (Wildman–Crippen LogP) is 8.18. The number of benzene rings is 3. The van der Waals surface area contributed by atoms with Crippen molar-refractivity contribution in [3.05, 3.63) is 94.3 Å². The van der Waals surface area contributed by atoms with Gasteiger partial charge >= 0.3 is 0 Å². The standard InChI is InChI=1S/C25H17BrCl2INO4S/c1-33-21-9-15(8-20(29)23(21)34-13-16-4-7-18(27)11-19(16)28)10-22-24(31)30(25(32)35-22)12-14-2-5-17(26)6-3-14/h2-11H,12-13H2,1H3/b22-10-. The molecule has 10 heteroatoms. The monoisotopic (exact) mass is 703 g/mol. The number of halogens is 4. The van der Waals surface area contributed by atoms with Crippen molar-refractivity contribution in [2.45, 2.75) is 13.2 Å². The molecule has 1 saturated heterocycles. The van der Waals surface area contributed by atoms with Gasteiger partial charge in [-0.05, 0) is 88.0 Å². The van der Waals surface area contributed by atoms with Gasteiger partial charge < -0.3 is 9.47 Å². The van der Waals surface area contributed by atoms with Crippen LogP contribution in [0.5, 0.6) is 11.5 Å². The van der Waals surface area contributed by atoms with Crippen molar-refractivity contribution in [1.29, 1.82) is 0 Å². The van der Waals surface area contributed by atoms with E-state index in [1.807, 2.05) is 36.4 Å². The van der Waals surface area contributed by atoms with E-state index >= 15 is 0 Å². The highest BCUT2D eigenvalue weighted by atomic mass is 127. The zero-order valence-electron chi connectivity index (χ0n) is 18.2. The number of thioether (sulfide) groups is 1. The Morgan fingerprint density at radius 3 is 2.51 bits per heavy atom. The molecule has 3 aromatic rings. The summed E-state index contributed by atoms with van der Waals surface area (Å²) in [5.74, 6) is 0.733. The molecule has 3 aromatic carbocycles. The zero-order chi connectivity index (χ0) is 25.1. The highest BCUT2D eigenvalue weighted by Crippen LogP contribution is 2.38. The number of amides is 2. The molecule has 0 N–H and O–H groups in total. The number of imide groups is 1. The van der Waals surface area contributed by atoms with Crippen molar-refractivity contribution < 1.29 is 19.1 Å². The maximum Gasteiger partial charge on any atom is 0.293 e. The minimum atomic E-state index is -0.324. The lowest BCUT2D eigenvalue weighted by Gasteiger charge is -2.14. The first-order valence-electron chi connectivity index (χ1n) is 10.2. The summed E-state index contributed by atoms with van der Waals surface area (Å²) in [7, 11) is 1.55. The van der Waals surface area contributed by atoms with Crippen molar-refractivity contribution in [2.75, 3.05) is 7.11 Å². The summed E-state index contributed by atoms with van der Waals surface area (Å²) in [6, 6.07) is 16.4. The Balaban J connectivity index is 1.53. The molecule has 0 spiro atoms. The van der Waals surface area contributed by atoms with Gasteiger partial charge in [0.2, 0.25) is 0 Å². The van der Waals surface area contributed by atoms with E-state index in [1.54, 1.807) is 31.4 Å². The van der Waals surface area contributed by atoms with E-state index in [0.717, 1.165) is 36.5 Å². The summed E-state index contributed by atoms with van der Waals surface area (Å²) < 4.78 is 13.3. The third kappa shape index (κ3) is 6.35. The molecule has 1 aliphatic rings. The van der Waals surface area contributed by atoms with Crippen molar-refractivity contribution in [3.63, 3.8) is 0 Å². The fourth-order valence-electron chi connectivity index (χ4n) is 3.31. The number of carbonyl (C=O) groups is 2. The van der Waals surface area contributed by atoms with Gasteiger partial charge in [-0.1, -0.05) is 57.3 Å². The Bertz CT molecular complexity index is 1330. The first-order valence-corrected chi connectivity index (χ1v) is 13.6. The molecular weight excluding hydrogens is 688 g/mol. The molecule has 1 heterocycles. The molecule has 0 aromatic heterocycles. The Morgan fingerprint density at radius 2 is 1.83 bits per heavy atom. The van der Waals surface area contributed by atoms with Gasteiger partial charge in [0.1, 0.15) is 6.61 Å². The van der Waals surface area contributed by atoms with Gasteiger partial charge in [-0.2, -0.15) is 0 Å². The number of ether oxygens (including phenoxy) is 2. The first kappa shape index (κ1) is 26.3. The number of methoxy groups -OCH3 is 1. The summed E-state index contributed by atoms with van der Waals surface area (Å²) in [5.41, 5.74) is 2.38. The van der Waals surface area contributed by atoms with Crippen molar-refractivity contribution >= 4 is 90.7 Å². The van der Waals surface area contributed by atoms with Crippen LogP contribution in [0.2, 0.25) is 10.0 Å². The third-order valence-electron chi connectivity index (χ3n) is 5.06. The number of carbonyl (C=O) groups excluding carboxylic acids is 2. The summed E-state index contributed by atoms with van der Waals surface area (Å²) in [5, 5.41) is 0.768. The van der Waals surface area contributed by atoms with Crippen LogP contribution in [0, 0.1) is 3.57 Å². The number of nitrogens with zero attached hydrogens (tertiary/aromatic N) is 1. The predicted molar refractivity (Wildman–Crippen MR) is 152 cm³/mol. The van der Waals surface area contributed by atoms with E-state index in [2.05, 4.69) is 38.5 Å². The van der Waals surface area contributed by atoms with E-state index in [4.69, 9.17) is 32.7 Å². The lowest BCUT2D eigenvalue weighted by atomic mass is 10.1. The maximum atomic E-state index is 12.9. The largest absolute Gasteiger partial charge is 0.493 e. The highest BCUT2D eigenvalue weighted by molar-refractivity contribution is 14.1. The van der Waals surface area contributed by atoms with Gasteiger partial charge in [-0.15, -0.1) is 0 Å². The molecule has 180 valence electrons. The zero-order valence-corrected chi connectivity index (χ0v) is 24.3. The molecule has 0 saturated carbocycles. The van der Waals surface area contributed by atoms with Crippen LogP contribution in [-0.4, -0.2) is 23.2 Å². The Labute approximate surface area is 239 Å². The van der Waals surface area contributed by atoms with Crippen molar-refractivity contribution in [2.24, 2.45) is 0 Å². The molecule has 1 aliphatic heterocycles. The van der Waals surface area contributed by atoms with Crippen LogP contribution < -0.4 is 9.47 Å². The van der Waals surface area contributed by atoms with Crippen molar-refractivity contribution in [3.8, 4) is 11.5 Å². The topological polar surface area (TPSA) is 55.8 Å². The molecule has 5 nitrogen and oxygen atoms in total. The van der Waals surface area contributed by atoms with E-state index in [1.165, 1.54) is 4.90 Å². The number of hydrogen-bond acceptors (Lipinski definition) is 5. The van der Waals surface area contributed by atoms with Crippen LogP contribution in [0.4, 0.5) is 4.79 Å². The average molecular weight is 705 g/mol. The van der Waals surface area contributed by atoms with Crippen LogP contribution in [0.1, 0.15) is 16.7 Å². The summed E-state index contributed by atoms with van der Waals surface area (Å²) >= 11 is 18.7. The van der Waals surface area contributed by atoms with E-state index in [9.17, 15) is 9.59 Å². The first-order chi connectivity index (χ1) is 16.7. The SMILES string of the molecule is COc1cc(/C=C2\SC(=O)N(Cc3ccc(Br)cc3)C2=O)cc(I)c1OCc1ccc(Cl)cc1Cl. The molecule has 0 bridgehead atoms. The second kappa shape index (κ2) is 11.6. The summed E-state index contributed by atoms with van der Waals surface area (Å²) in [6.45, 7) is 0.451. The minimum absolute atomic E-state index is 0.218. The third-order valence-corrected chi connectivity index (χ3v) is 7.89.